The number of esters is 1. The molecule has 2 aromatic rings. The van der Waals surface area contributed by atoms with Gasteiger partial charge in [-0.05, 0) is 12.5 Å². The normalized spacial score (nSPS) is 10.3. The van der Waals surface area contributed by atoms with Crippen molar-refractivity contribution in [2.24, 2.45) is 0 Å². The summed E-state index contributed by atoms with van der Waals surface area (Å²) < 4.78 is 6.44. The van der Waals surface area contributed by atoms with Gasteiger partial charge in [-0.2, -0.15) is 5.10 Å². The van der Waals surface area contributed by atoms with Crippen LogP contribution in [-0.4, -0.2) is 32.8 Å². The molecule has 0 spiro atoms. The van der Waals surface area contributed by atoms with Crippen molar-refractivity contribution in [3.63, 3.8) is 0 Å². The molecule has 0 saturated carbocycles. The molecular formula is C12H14N4O2. The smallest absolute Gasteiger partial charge is 0.356 e. The molecule has 18 heavy (non-hydrogen) atoms. The molecule has 6 nitrogen and oxygen atoms in total. The largest absolute Gasteiger partial charge is 0.464 e. The number of ether oxygens (including phenoxy) is 1. The molecule has 0 fully saturated rings. The maximum absolute atomic E-state index is 11.4. The number of nitrogens with zero attached hydrogens (tertiary/aromatic N) is 4. The zero-order chi connectivity index (χ0) is 13.0. The third kappa shape index (κ3) is 2.53. The van der Waals surface area contributed by atoms with Gasteiger partial charge in [-0.1, -0.05) is 6.92 Å². The highest BCUT2D eigenvalue weighted by Gasteiger charge is 2.10. The molecule has 6 heteroatoms. The van der Waals surface area contributed by atoms with Crippen LogP contribution in [0, 0.1) is 0 Å². The lowest BCUT2D eigenvalue weighted by Gasteiger charge is -2.00. The molecule has 2 aromatic heterocycles. The Bertz CT molecular complexity index is 551. The van der Waals surface area contributed by atoms with Crippen LogP contribution in [0.1, 0.15) is 23.8 Å². The zero-order valence-corrected chi connectivity index (χ0v) is 10.3. The summed E-state index contributed by atoms with van der Waals surface area (Å²) in [6, 6.07) is 1.52. The van der Waals surface area contributed by atoms with Gasteiger partial charge >= 0.3 is 5.97 Å². The second-order valence-corrected chi connectivity index (χ2v) is 3.75. The van der Waals surface area contributed by atoms with Gasteiger partial charge in [0.2, 0.25) is 0 Å². The fourth-order valence-corrected chi connectivity index (χ4v) is 1.55. The molecular weight excluding hydrogens is 232 g/mol. The van der Waals surface area contributed by atoms with Gasteiger partial charge < -0.3 is 4.74 Å². The van der Waals surface area contributed by atoms with Gasteiger partial charge in [-0.25, -0.2) is 14.8 Å². The minimum Gasteiger partial charge on any atom is -0.464 e. The number of aromatic nitrogens is 4. The van der Waals surface area contributed by atoms with Gasteiger partial charge in [0.1, 0.15) is 0 Å². The van der Waals surface area contributed by atoms with Crippen molar-refractivity contribution in [2.45, 2.75) is 19.9 Å². The van der Waals surface area contributed by atoms with E-state index in [-0.39, 0.29) is 5.69 Å². The third-order valence-electron chi connectivity index (χ3n) is 2.39. The van der Waals surface area contributed by atoms with Crippen molar-refractivity contribution in [3.8, 4) is 11.4 Å². The summed E-state index contributed by atoms with van der Waals surface area (Å²) in [6.07, 6.45) is 6.09. The highest BCUT2D eigenvalue weighted by molar-refractivity contribution is 5.87. The lowest BCUT2D eigenvalue weighted by Crippen LogP contribution is -2.05. The summed E-state index contributed by atoms with van der Waals surface area (Å²) in [4.78, 5) is 19.6. The average molecular weight is 246 g/mol. The summed E-state index contributed by atoms with van der Waals surface area (Å²) in [5, 5.41) is 4.20. The fourth-order valence-electron chi connectivity index (χ4n) is 1.55. The topological polar surface area (TPSA) is 69.9 Å². The van der Waals surface area contributed by atoms with Crippen LogP contribution in [0.25, 0.3) is 11.4 Å². The van der Waals surface area contributed by atoms with Gasteiger partial charge in [-0.3, -0.25) is 4.68 Å². The predicted octanol–water partition coefficient (Wildman–Crippen LogP) is 1.54. The van der Waals surface area contributed by atoms with Gasteiger partial charge in [0, 0.05) is 18.9 Å². The first-order chi connectivity index (χ1) is 8.74. The number of hydrogen-bond donors (Lipinski definition) is 0. The van der Waals surface area contributed by atoms with E-state index >= 15 is 0 Å². The summed E-state index contributed by atoms with van der Waals surface area (Å²) in [5.41, 5.74) is 1.03. The minimum atomic E-state index is -0.473. The van der Waals surface area contributed by atoms with E-state index in [4.69, 9.17) is 0 Å². The molecule has 0 aliphatic rings. The van der Waals surface area contributed by atoms with Crippen LogP contribution in [0.4, 0.5) is 0 Å². The molecule has 0 radical (unpaired) electrons. The van der Waals surface area contributed by atoms with E-state index in [0.717, 1.165) is 18.5 Å². The number of rotatable bonds is 4. The van der Waals surface area contributed by atoms with Crippen molar-refractivity contribution < 1.29 is 9.53 Å². The standard InChI is InChI=1S/C12H14N4O2/c1-3-6-16-8-9(7-14-16)11-13-5-4-10(15-11)12(17)18-2/h4-5,7-8H,3,6H2,1-2H3. The summed E-state index contributed by atoms with van der Waals surface area (Å²) in [7, 11) is 1.32. The molecule has 0 amide bonds. The molecule has 0 atom stereocenters. The van der Waals surface area contributed by atoms with Crippen molar-refractivity contribution in [1.82, 2.24) is 19.7 Å². The molecule has 0 N–H and O–H groups in total. The van der Waals surface area contributed by atoms with Crippen LogP contribution in [0.15, 0.2) is 24.7 Å². The first-order valence-electron chi connectivity index (χ1n) is 5.68. The molecule has 2 heterocycles. The molecule has 0 bridgehead atoms. The zero-order valence-electron chi connectivity index (χ0n) is 10.3. The third-order valence-corrected chi connectivity index (χ3v) is 2.39. The number of aryl methyl sites for hydroxylation is 1. The van der Waals surface area contributed by atoms with E-state index in [0.29, 0.717) is 5.82 Å². The molecule has 0 unspecified atom stereocenters. The Balaban J connectivity index is 2.29. The highest BCUT2D eigenvalue weighted by atomic mass is 16.5. The van der Waals surface area contributed by atoms with E-state index in [1.165, 1.54) is 19.4 Å². The first kappa shape index (κ1) is 12.2. The van der Waals surface area contributed by atoms with E-state index in [2.05, 4.69) is 26.7 Å². The van der Waals surface area contributed by atoms with Gasteiger partial charge in [0.15, 0.2) is 11.5 Å². The molecule has 0 aromatic carbocycles. The Hall–Kier alpha value is -2.24. The summed E-state index contributed by atoms with van der Waals surface area (Å²) in [5.74, 6) is -0.000136. The highest BCUT2D eigenvalue weighted by Crippen LogP contribution is 2.13. The van der Waals surface area contributed by atoms with Crippen LogP contribution in [0.2, 0.25) is 0 Å². The molecule has 94 valence electrons. The predicted molar refractivity (Wildman–Crippen MR) is 64.9 cm³/mol. The Morgan fingerprint density at radius 3 is 3.06 bits per heavy atom. The maximum atomic E-state index is 11.4. The average Bonchev–Trinajstić information content (AvgIpc) is 2.87. The van der Waals surface area contributed by atoms with Crippen LogP contribution >= 0.6 is 0 Å². The SMILES string of the molecule is CCCn1cc(-c2nccc(C(=O)OC)n2)cn1. The Morgan fingerprint density at radius 1 is 1.50 bits per heavy atom. The number of hydrogen-bond acceptors (Lipinski definition) is 5. The van der Waals surface area contributed by atoms with Gasteiger partial charge in [-0.15, -0.1) is 0 Å². The number of carbonyl (C=O) groups excluding carboxylic acids is 1. The van der Waals surface area contributed by atoms with Crippen molar-refractivity contribution in [3.05, 3.63) is 30.4 Å². The monoisotopic (exact) mass is 246 g/mol. The van der Waals surface area contributed by atoms with Crippen molar-refractivity contribution in [2.75, 3.05) is 7.11 Å². The van der Waals surface area contributed by atoms with Gasteiger partial charge in [0.05, 0.1) is 18.9 Å². The Morgan fingerprint density at radius 2 is 2.33 bits per heavy atom. The Labute approximate surface area is 105 Å². The van der Waals surface area contributed by atoms with E-state index in [1.807, 2.05) is 10.9 Å². The van der Waals surface area contributed by atoms with Crippen molar-refractivity contribution >= 4 is 5.97 Å². The van der Waals surface area contributed by atoms with Crippen LogP contribution in [0.3, 0.4) is 0 Å². The molecule has 0 saturated heterocycles. The van der Waals surface area contributed by atoms with Crippen molar-refractivity contribution in [1.29, 1.82) is 0 Å². The van der Waals surface area contributed by atoms with Crippen LogP contribution in [0.5, 0.6) is 0 Å². The molecule has 2 rings (SSSR count). The molecule has 0 aliphatic heterocycles. The van der Waals surface area contributed by atoms with E-state index < -0.39 is 5.97 Å². The quantitative estimate of drug-likeness (QED) is 0.765. The lowest BCUT2D eigenvalue weighted by atomic mass is 10.3. The summed E-state index contributed by atoms with van der Waals surface area (Å²) in [6.45, 7) is 2.92. The van der Waals surface area contributed by atoms with Gasteiger partial charge in [0.25, 0.3) is 0 Å². The Kier molecular flexibility index (Phi) is 3.66. The summed E-state index contributed by atoms with van der Waals surface area (Å²) >= 11 is 0. The first-order valence-corrected chi connectivity index (χ1v) is 5.68. The second kappa shape index (κ2) is 5.39. The fraction of sp³-hybridized carbons (Fsp3) is 0.333. The van der Waals surface area contributed by atoms with E-state index in [9.17, 15) is 4.79 Å². The lowest BCUT2D eigenvalue weighted by molar-refractivity contribution is 0.0594. The number of carbonyl (C=O) groups is 1. The second-order valence-electron chi connectivity index (χ2n) is 3.75. The maximum Gasteiger partial charge on any atom is 0.356 e. The van der Waals surface area contributed by atoms with Crippen LogP contribution < -0.4 is 0 Å². The molecule has 0 aliphatic carbocycles. The van der Waals surface area contributed by atoms with Crippen LogP contribution in [-0.2, 0) is 11.3 Å². The van der Waals surface area contributed by atoms with E-state index in [1.54, 1.807) is 6.20 Å². The minimum absolute atomic E-state index is 0.241. The number of methoxy groups -OCH3 is 1.